The maximum Gasteiger partial charge on any atom is 0.239 e. The van der Waals surface area contributed by atoms with Crippen LogP contribution in [-0.4, -0.2) is 50.1 Å². The lowest BCUT2D eigenvalue weighted by molar-refractivity contribution is -0.134. The Morgan fingerprint density at radius 1 is 1.36 bits per heavy atom. The van der Waals surface area contributed by atoms with Crippen LogP contribution in [0.1, 0.15) is 18.9 Å². The molecule has 22 heavy (non-hydrogen) atoms. The van der Waals surface area contributed by atoms with Crippen molar-refractivity contribution in [2.24, 2.45) is 0 Å². The molecule has 2 amide bonds. The first kappa shape index (κ1) is 18.5. The average Bonchev–Trinajstić information content (AvgIpc) is 2.47. The third-order valence-electron chi connectivity index (χ3n) is 3.19. The number of hydrogen-bond acceptors (Lipinski definition) is 3. The quantitative estimate of drug-likeness (QED) is 0.705. The summed E-state index contributed by atoms with van der Waals surface area (Å²) < 4.78 is 4.91. The number of hydrogen-bond donors (Lipinski definition) is 1. The van der Waals surface area contributed by atoms with Crippen molar-refractivity contribution in [2.45, 2.75) is 19.8 Å². The number of ether oxygens (including phenoxy) is 1. The van der Waals surface area contributed by atoms with Crippen LogP contribution in [0.3, 0.4) is 0 Å². The van der Waals surface area contributed by atoms with E-state index < -0.39 is 0 Å². The van der Waals surface area contributed by atoms with Crippen molar-refractivity contribution in [3.05, 3.63) is 34.9 Å². The number of amides is 2. The molecule has 1 rings (SSSR count). The average molecular weight is 327 g/mol. The summed E-state index contributed by atoms with van der Waals surface area (Å²) in [4.78, 5) is 25.0. The van der Waals surface area contributed by atoms with Gasteiger partial charge in [-0.05, 0) is 30.5 Å². The first-order valence-corrected chi connectivity index (χ1v) is 7.66. The minimum absolute atomic E-state index is 0.0723. The van der Waals surface area contributed by atoms with Gasteiger partial charge in [0.2, 0.25) is 11.8 Å². The molecule has 0 aromatic heterocycles. The van der Waals surface area contributed by atoms with Gasteiger partial charge in [0.25, 0.3) is 0 Å². The van der Waals surface area contributed by atoms with Crippen molar-refractivity contribution < 1.29 is 14.3 Å². The summed E-state index contributed by atoms with van der Waals surface area (Å²) in [5.41, 5.74) is 1.04. The fourth-order valence-corrected chi connectivity index (χ4v) is 2.19. The van der Waals surface area contributed by atoms with E-state index in [0.717, 1.165) is 12.0 Å². The van der Waals surface area contributed by atoms with Gasteiger partial charge in [0.15, 0.2) is 0 Å². The molecule has 1 aromatic rings. The van der Waals surface area contributed by atoms with Crippen LogP contribution in [0.25, 0.3) is 0 Å². The van der Waals surface area contributed by atoms with Crippen LogP contribution in [0, 0.1) is 0 Å². The molecule has 0 radical (unpaired) electrons. The zero-order chi connectivity index (χ0) is 16.4. The minimum Gasteiger partial charge on any atom is -0.385 e. The normalized spacial score (nSPS) is 10.3. The summed E-state index contributed by atoms with van der Waals surface area (Å²) in [5, 5.41) is 3.45. The summed E-state index contributed by atoms with van der Waals surface area (Å²) in [6.45, 7) is 3.18. The minimum atomic E-state index is -0.155. The molecule has 0 saturated heterocycles. The van der Waals surface area contributed by atoms with Gasteiger partial charge in [-0.25, -0.2) is 0 Å². The Bertz CT molecular complexity index is 494. The molecule has 1 aromatic carbocycles. The molecule has 1 N–H and O–H groups in total. The highest BCUT2D eigenvalue weighted by Crippen LogP contribution is 2.11. The van der Waals surface area contributed by atoms with Crippen LogP contribution < -0.4 is 5.32 Å². The largest absolute Gasteiger partial charge is 0.385 e. The van der Waals surface area contributed by atoms with Gasteiger partial charge < -0.3 is 15.0 Å². The Morgan fingerprint density at radius 3 is 2.77 bits per heavy atom. The molecule has 0 heterocycles. The Balaban J connectivity index is 2.41. The van der Waals surface area contributed by atoms with E-state index in [9.17, 15) is 9.59 Å². The molecule has 0 aliphatic heterocycles. The highest BCUT2D eigenvalue weighted by molar-refractivity contribution is 6.30. The van der Waals surface area contributed by atoms with Gasteiger partial charge in [-0.15, -0.1) is 0 Å². The Kier molecular flexibility index (Phi) is 8.55. The number of benzene rings is 1. The second kappa shape index (κ2) is 10.2. The fraction of sp³-hybridized carbons (Fsp3) is 0.500. The van der Waals surface area contributed by atoms with Gasteiger partial charge in [-0.3, -0.25) is 9.59 Å². The Hall–Kier alpha value is -1.59. The predicted molar refractivity (Wildman–Crippen MR) is 86.9 cm³/mol. The number of nitrogens with one attached hydrogen (secondary N) is 1. The van der Waals surface area contributed by atoms with E-state index in [1.807, 2.05) is 18.2 Å². The number of rotatable bonds is 9. The lowest BCUT2D eigenvalue weighted by Crippen LogP contribution is -2.41. The molecule has 5 nitrogen and oxygen atoms in total. The summed E-state index contributed by atoms with van der Waals surface area (Å²) in [7, 11) is 1.62. The standard InChI is InChI=1S/C16H23ClN2O3/c1-13(20)19(12-16(21)18-8-4-10-22-2)9-7-14-5-3-6-15(17)11-14/h3,5-6,11H,4,7-10,12H2,1-2H3,(H,18,21). The van der Waals surface area contributed by atoms with Crippen LogP contribution in [0.2, 0.25) is 5.02 Å². The monoisotopic (exact) mass is 326 g/mol. The third-order valence-corrected chi connectivity index (χ3v) is 3.42. The Morgan fingerprint density at radius 2 is 2.14 bits per heavy atom. The molecule has 0 unspecified atom stereocenters. The smallest absolute Gasteiger partial charge is 0.239 e. The van der Waals surface area contributed by atoms with Gasteiger partial charge >= 0.3 is 0 Å². The van der Waals surface area contributed by atoms with Crippen molar-refractivity contribution in [3.8, 4) is 0 Å². The van der Waals surface area contributed by atoms with E-state index in [4.69, 9.17) is 16.3 Å². The molecule has 0 bridgehead atoms. The van der Waals surface area contributed by atoms with Gasteiger partial charge in [0, 0.05) is 38.8 Å². The van der Waals surface area contributed by atoms with E-state index in [-0.39, 0.29) is 18.4 Å². The lowest BCUT2D eigenvalue weighted by atomic mass is 10.1. The Labute approximate surface area is 136 Å². The molecule has 0 aliphatic carbocycles. The summed E-state index contributed by atoms with van der Waals surface area (Å²) in [6, 6.07) is 7.50. The first-order valence-electron chi connectivity index (χ1n) is 7.28. The van der Waals surface area contributed by atoms with Crippen molar-refractivity contribution in [1.29, 1.82) is 0 Å². The zero-order valence-electron chi connectivity index (χ0n) is 13.1. The molecule has 0 atom stereocenters. The van der Waals surface area contributed by atoms with Gasteiger partial charge in [-0.2, -0.15) is 0 Å². The molecule has 0 spiro atoms. The van der Waals surface area contributed by atoms with Crippen LogP contribution in [0.15, 0.2) is 24.3 Å². The lowest BCUT2D eigenvalue weighted by Gasteiger charge is -2.20. The van der Waals surface area contributed by atoms with Crippen LogP contribution in [0.4, 0.5) is 0 Å². The van der Waals surface area contributed by atoms with E-state index in [0.29, 0.717) is 31.1 Å². The number of carbonyl (C=O) groups is 2. The number of carbonyl (C=O) groups excluding carboxylic acids is 2. The predicted octanol–water partition coefficient (Wildman–Crippen LogP) is 1.88. The second-order valence-electron chi connectivity index (χ2n) is 5.02. The molecular formula is C16H23ClN2O3. The van der Waals surface area contributed by atoms with E-state index in [1.165, 1.54) is 11.8 Å². The van der Waals surface area contributed by atoms with E-state index >= 15 is 0 Å². The molecular weight excluding hydrogens is 304 g/mol. The van der Waals surface area contributed by atoms with Gasteiger partial charge in [-0.1, -0.05) is 23.7 Å². The van der Waals surface area contributed by atoms with Crippen LogP contribution >= 0.6 is 11.6 Å². The van der Waals surface area contributed by atoms with Crippen molar-refractivity contribution in [2.75, 3.05) is 33.4 Å². The summed E-state index contributed by atoms with van der Waals surface area (Å²) in [6.07, 6.45) is 1.42. The molecule has 0 fully saturated rings. The molecule has 6 heteroatoms. The van der Waals surface area contributed by atoms with E-state index in [2.05, 4.69) is 5.32 Å². The number of halogens is 1. The SMILES string of the molecule is COCCCNC(=O)CN(CCc1cccc(Cl)c1)C(C)=O. The van der Waals surface area contributed by atoms with Crippen molar-refractivity contribution >= 4 is 23.4 Å². The number of methoxy groups -OCH3 is 1. The zero-order valence-corrected chi connectivity index (χ0v) is 13.9. The second-order valence-corrected chi connectivity index (χ2v) is 5.45. The molecule has 122 valence electrons. The number of nitrogens with zero attached hydrogens (tertiary/aromatic N) is 1. The van der Waals surface area contributed by atoms with Gasteiger partial charge in [0.05, 0.1) is 6.54 Å². The topological polar surface area (TPSA) is 58.6 Å². The van der Waals surface area contributed by atoms with Crippen molar-refractivity contribution in [1.82, 2.24) is 10.2 Å². The van der Waals surface area contributed by atoms with Gasteiger partial charge in [0.1, 0.15) is 0 Å². The fourth-order valence-electron chi connectivity index (χ4n) is 1.98. The van der Waals surface area contributed by atoms with Crippen molar-refractivity contribution in [3.63, 3.8) is 0 Å². The van der Waals surface area contributed by atoms with Crippen LogP contribution in [0.5, 0.6) is 0 Å². The maximum absolute atomic E-state index is 11.8. The first-order chi connectivity index (χ1) is 10.5. The highest BCUT2D eigenvalue weighted by Gasteiger charge is 2.13. The third kappa shape index (κ3) is 7.43. The summed E-state index contributed by atoms with van der Waals surface area (Å²) in [5.74, 6) is -0.272. The molecule has 0 saturated carbocycles. The van der Waals surface area contributed by atoms with Crippen LogP contribution in [-0.2, 0) is 20.7 Å². The van der Waals surface area contributed by atoms with E-state index in [1.54, 1.807) is 13.2 Å². The maximum atomic E-state index is 11.8. The molecule has 0 aliphatic rings. The highest BCUT2D eigenvalue weighted by atomic mass is 35.5. The summed E-state index contributed by atoms with van der Waals surface area (Å²) >= 11 is 5.94.